The Morgan fingerprint density at radius 1 is 1.19 bits per heavy atom. The number of halogens is 3. The van der Waals surface area contributed by atoms with E-state index < -0.39 is 0 Å². The molecule has 0 fully saturated rings. The Kier molecular flexibility index (Phi) is 5.91. The minimum atomic E-state index is 0.402. The average molecular weight is 388 g/mol. The predicted molar refractivity (Wildman–Crippen MR) is 91.6 cm³/mol. The molecule has 3 nitrogen and oxygen atoms in total. The highest BCUT2D eigenvalue weighted by Crippen LogP contribution is 2.25. The Morgan fingerprint density at radius 2 is 2.00 bits per heavy atom. The van der Waals surface area contributed by atoms with Crippen LogP contribution in [0.25, 0.3) is 0 Å². The van der Waals surface area contributed by atoms with Crippen molar-refractivity contribution in [1.82, 2.24) is 5.43 Å². The van der Waals surface area contributed by atoms with Crippen LogP contribution in [-0.4, -0.2) is 13.3 Å². The molecule has 110 valence electrons. The van der Waals surface area contributed by atoms with E-state index in [9.17, 15) is 0 Å². The first kappa shape index (κ1) is 16.1. The maximum absolute atomic E-state index is 5.99. The third-order valence-corrected chi connectivity index (χ3v) is 3.92. The number of ether oxygens (including phenoxy) is 1. The average Bonchev–Trinajstić information content (AvgIpc) is 2.47. The summed E-state index contributed by atoms with van der Waals surface area (Å²) in [5, 5.41) is 5.06. The van der Waals surface area contributed by atoms with E-state index in [1.54, 1.807) is 25.4 Å². The van der Waals surface area contributed by atoms with E-state index >= 15 is 0 Å². The molecule has 0 amide bonds. The number of rotatable bonds is 5. The summed E-state index contributed by atoms with van der Waals surface area (Å²) in [7, 11) is 1.74. The van der Waals surface area contributed by atoms with Gasteiger partial charge in [0.25, 0.3) is 0 Å². The van der Waals surface area contributed by atoms with Crippen molar-refractivity contribution in [2.24, 2.45) is 5.10 Å². The third kappa shape index (κ3) is 4.63. The van der Waals surface area contributed by atoms with Crippen molar-refractivity contribution in [2.45, 2.75) is 6.61 Å². The molecule has 6 heteroatoms. The first-order valence-corrected chi connectivity index (χ1v) is 7.71. The van der Waals surface area contributed by atoms with E-state index in [-0.39, 0.29) is 0 Å². The molecule has 0 radical (unpaired) electrons. The van der Waals surface area contributed by atoms with Crippen molar-refractivity contribution in [1.29, 1.82) is 0 Å². The lowest BCUT2D eigenvalue weighted by molar-refractivity contribution is 0.306. The van der Waals surface area contributed by atoms with Gasteiger partial charge in [-0.15, -0.1) is 0 Å². The molecule has 0 heterocycles. The fourth-order valence-electron chi connectivity index (χ4n) is 1.68. The van der Waals surface area contributed by atoms with Crippen LogP contribution in [0.2, 0.25) is 10.0 Å². The Morgan fingerprint density at radius 3 is 2.71 bits per heavy atom. The number of nitrogens with zero attached hydrogens (tertiary/aromatic N) is 1. The van der Waals surface area contributed by atoms with Crippen LogP contribution in [0.5, 0.6) is 5.75 Å². The van der Waals surface area contributed by atoms with Gasteiger partial charge in [0.2, 0.25) is 0 Å². The summed E-state index contributed by atoms with van der Waals surface area (Å²) < 4.78 is 6.79. The quantitative estimate of drug-likeness (QED) is 0.585. The zero-order chi connectivity index (χ0) is 15.2. The highest BCUT2D eigenvalue weighted by atomic mass is 79.9. The van der Waals surface area contributed by atoms with Crippen molar-refractivity contribution >= 4 is 45.3 Å². The summed E-state index contributed by atoms with van der Waals surface area (Å²) in [6, 6.07) is 11.2. The Bertz CT molecular complexity index is 662. The molecule has 0 atom stereocenters. The van der Waals surface area contributed by atoms with Crippen LogP contribution in [-0.2, 0) is 6.61 Å². The van der Waals surface area contributed by atoms with E-state index in [0.29, 0.717) is 16.7 Å². The van der Waals surface area contributed by atoms with Crippen molar-refractivity contribution in [3.8, 4) is 5.75 Å². The fraction of sp³-hybridized carbons (Fsp3) is 0.133. The second-order valence-corrected chi connectivity index (χ2v) is 5.93. The molecule has 0 aliphatic carbocycles. The van der Waals surface area contributed by atoms with Crippen molar-refractivity contribution in [3.63, 3.8) is 0 Å². The third-order valence-electron chi connectivity index (χ3n) is 2.68. The number of hydrogen-bond donors (Lipinski definition) is 1. The fourth-order valence-corrected chi connectivity index (χ4v) is 2.38. The maximum atomic E-state index is 5.99. The lowest BCUT2D eigenvalue weighted by atomic mass is 10.2. The Labute approximate surface area is 142 Å². The molecule has 0 bridgehead atoms. The first-order chi connectivity index (χ1) is 10.1. The lowest BCUT2D eigenvalue weighted by Gasteiger charge is -2.10. The standard InChI is InChI=1S/C15H13BrCl2N2O/c1-19-20-8-11-7-12(16)3-5-15(11)21-9-10-2-4-13(17)14(18)6-10/h2-8,19H,9H2,1H3. The Hall–Kier alpha value is -1.23. The zero-order valence-electron chi connectivity index (χ0n) is 11.2. The summed E-state index contributed by atoms with van der Waals surface area (Å²) in [6.07, 6.45) is 1.70. The van der Waals surface area contributed by atoms with E-state index in [1.165, 1.54) is 0 Å². The summed E-state index contributed by atoms with van der Waals surface area (Å²) in [5.74, 6) is 0.739. The zero-order valence-corrected chi connectivity index (χ0v) is 14.3. The van der Waals surface area contributed by atoms with Crippen molar-refractivity contribution < 1.29 is 4.74 Å². The summed E-state index contributed by atoms with van der Waals surface area (Å²) in [6.45, 7) is 0.402. The second-order valence-electron chi connectivity index (χ2n) is 4.20. The molecule has 0 aromatic heterocycles. The van der Waals surface area contributed by atoms with Gasteiger partial charge in [0.1, 0.15) is 12.4 Å². The highest BCUT2D eigenvalue weighted by molar-refractivity contribution is 9.10. The summed E-state index contributed by atoms with van der Waals surface area (Å²) in [5.41, 5.74) is 4.54. The molecule has 21 heavy (non-hydrogen) atoms. The monoisotopic (exact) mass is 386 g/mol. The van der Waals surface area contributed by atoms with Gasteiger partial charge in [-0.1, -0.05) is 45.2 Å². The molecule has 0 saturated heterocycles. The van der Waals surface area contributed by atoms with E-state index in [2.05, 4.69) is 26.5 Å². The number of hydrogen-bond acceptors (Lipinski definition) is 3. The van der Waals surface area contributed by atoms with Crippen LogP contribution in [0, 0.1) is 0 Å². The van der Waals surface area contributed by atoms with Gasteiger partial charge in [-0.25, -0.2) is 0 Å². The smallest absolute Gasteiger partial charge is 0.128 e. The molecule has 2 aromatic rings. The molecule has 2 rings (SSSR count). The molecule has 0 spiro atoms. The topological polar surface area (TPSA) is 33.6 Å². The molecule has 1 N–H and O–H groups in total. The predicted octanol–water partition coefficient (Wildman–Crippen LogP) is 4.89. The van der Waals surface area contributed by atoms with Crippen LogP contribution in [0.15, 0.2) is 46.0 Å². The van der Waals surface area contributed by atoms with Crippen LogP contribution in [0.3, 0.4) is 0 Å². The summed E-state index contributed by atoms with van der Waals surface area (Å²) >= 11 is 15.3. The second kappa shape index (κ2) is 7.69. The molecular weight excluding hydrogens is 375 g/mol. The van der Waals surface area contributed by atoms with Crippen molar-refractivity contribution in [2.75, 3.05) is 7.05 Å². The van der Waals surface area contributed by atoms with E-state index in [0.717, 1.165) is 21.3 Å². The van der Waals surface area contributed by atoms with E-state index in [1.807, 2.05) is 24.3 Å². The van der Waals surface area contributed by atoms with E-state index in [4.69, 9.17) is 27.9 Å². The maximum Gasteiger partial charge on any atom is 0.128 e. The van der Waals surface area contributed by atoms with Gasteiger partial charge < -0.3 is 10.2 Å². The largest absolute Gasteiger partial charge is 0.488 e. The summed E-state index contributed by atoms with van der Waals surface area (Å²) in [4.78, 5) is 0. The molecule has 0 saturated carbocycles. The Balaban J connectivity index is 2.15. The minimum Gasteiger partial charge on any atom is -0.488 e. The van der Waals surface area contributed by atoms with Gasteiger partial charge >= 0.3 is 0 Å². The molecular formula is C15H13BrCl2N2O. The SMILES string of the molecule is CNN=Cc1cc(Br)ccc1OCc1ccc(Cl)c(Cl)c1. The number of hydrazone groups is 1. The van der Waals surface area contributed by atoms with Gasteiger partial charge in [0.15, 0.2) is 0 Å². The van der Waals surface area contributed by atoms with Crippen LogP contribution in [0.1, 0.15) is 11.1 Å². The number of nitrogens with one attached hydrogen (secondary N) is 1. The van der Waals surface area contributed by atoms with Crippen molar-refractivity contribution in [3.05, 3.63) is 62.0 Å². The molecule has 0 aliphatic heterocycles. The van der Waals surface area contributed by atoms with Gasteiger partial charge in [-0.2, -0.15) is 5.10 Å². The van der Waals surface area contributed by atoms with Crippen LogP contribution >= 0.6 is 39.1 Å². The highest BCUT2D eigenvalue weighted by Gasteiger charge is 2.05. The molecule has 0 aliphatic rings. The van der Waals surface area contributed by atoms with Gasteiger partial charge in [0.05, 0.1) is 16.3 Å². The van der Waals surface area contributed by atoms with Gasteiger partial charge in [-0.05, 0) is 35.9 Å². The number of benzene rings is 2. The van der Waals surface area contributed by atoms with Gasteiger partial charge in [0, 0.05) is 17.1 Å². The van der Waals surface area contributed by atoms with Crippen LogP contribution < -0.4 is 10.2 Å². The molecule has 2 aromatic carbocycles. The van der Waals surface area contributed by atoms with Gasteiger partial charge in [-0.3, -0.25) is 0 Å². The normalized spacial score (nSPS) is 10.9. The lowest BCUT2D eigenvalue weighted by Crippen LogP contribution is -2.00. The molecule has 0 unspecified atom stereocenters. The van der Waals surface area contributed by atoms with Crippen LogP contribution in [0.4, 0.5) is 0 Å². The minimum absolute atomic E-state index is 0.402. The first-order valence-electron chi connectivity index (χ1n) is 6.16.